The van der Waals surface area contributed by atoms with Gasteiger partial charge >= 0.3 is 6.18 Å². The molecule has 1 aliphatic rings. The summed E-state index contributed by atoms with van der Waals surface area (Å²) in [7, 11) is 0. The summed E-state index contributed by atoms with van der Waals surface area (Å²) >= 11 is 0. The van der Waals surface area contributed by atoms with Crippen molar-refractivity contribution in [1.82, 2.24) is 15.5 Å². The van der Waals surface area contributed by atoms with Gasteiger partial charge in [-0.1, -0.05) is 80.6 Å². The Bertz CT molecular complexity index is 1640. The van der Waals surface area contributed by atoms with Gasteiger partial charge in [-0.15, -0.1) is 0 Å². The highest BCUT2D eigenvalue weighted by molar-refractivity contribution is 6.00. The molecular formula is C43H55F4N3O. The molecular weight excluding hydrogens is 650 g/mol. The number of nitrogens with one attached hydrogen (secondary N) is 2. The van der Waals surface area contributed by atoms with E-state index in [1.807, 2.05) is 65.8 Å². The van der Waals surface area contributed by atoms with Gasteiger partial charge in [-0.3, -0.25) is 9.69 Å². The van der Waals surface area contributed by atoms with E-state index in [-0.39, 0.29) is 23.1 Å². The van der Waals surface area contributed by atoms with Crippen molar-refractivity contribution in [1.29, 1.82) is 0 Å². The van der Waals surface area contributed by atoms with Crippen LogP contribution >= 0.6 is 0 Å². The van der Waals surface area contributed by atoms with Gasteiger partial charge in [-0.2, -0.15) is 13.2 Å². The molecule has 8 heteroatoms. The first kappa shape index (κ1) is 41.3. The fourth-order valence-corrected chi connectivity index (χ4v) is 6.21. The molecule has 1 heterocycles. The lowest BCUT2D eigenvalue weighted by molar-refractivity contribution is -0.123. The van der Waals surface area contributed by atoms with Gasteiger partial charge in [0.25, 0.3) is 0 Å². The van der Waals surface area contributed by atoms with Crippen molar-refractivity contribution < 1.29 is 22.4 Å². The zero-order chi connectivity index (χ0) is 37.6. The van der Waals surface area contributed by atoms with Gasteiger partial charge in [0, 0.05) is 42.0 Å². The van der Waals surface area contributed by atoms with Gasteiger partial charge in [-0.05, 0) is 118 Å². The Morgan fingerprint density at radius 3 is 2.29 bits per heavy atom. The third kappa shape index (κ3) is 13.8. The second-order valence-electron chi connectivity index (χ2n) is 14.0. The molecule has 1 saturated heterocycles. The third-order valence-corrected chi connectivity index (χ3v) is 8.44. The van der Waals surface area contributed by atoms with Crippen LogP contribution in [0.2, 0.25) is 0 Å². The minimum Gasteiger partial charge on any atom is -0.381 e. The maximum absolute atomic E-state index is 15.3. The van der Waals surface area contributed by atoms with Gasteiger partial charge in [0.05, 0.1) is 6.42 Å². The summed E-state index contributed by atoms with van der Waals surface area (Å²) in [5.74, 6) is -0.510. The van der Waals surface area contributed by atoms with E-state index < -0.39 is 18.4 Å². The van der Waals surface area contributed by atoms with E-state index in [0.717, 1.165) is 38.0 Å². The molecule has 0 bridgehead atoms. The molecule has 3 rings (SSSR count). The minimum atomic E-state index is -4.48. The Morgan fingerprint density at radius 2 is 1.67 bits per heavy atom. The number of hydrogen-bond acceptors (Lipinski definition) is 3. The number of aryl methyl sites for hydroxylation is 1. The molecule has 2 aromatic rings. The molecule has 0 saturated carbocycles. The number of piperidine rings is 1. The lowest BCUT2D eigenvalue weighted by Gasteiger charge is -2.33. The molecule has 1 unspecified atom stereocenters. The maximum atomic E-state index is 15.3. The molecule has 1 atom stereocenters. The largest absolute Gasteiger partial charge is 0.393 e. The standard InChI is InChI=1S/C43H55F4N3O/c1-8-16-35(48-36-20-14-26-50(30-36)27-15-21-40(51)49-42(5,6)7)25-24-32(10-3)41(34-23-22-31(4)37(28-34)39(44)17-9-2)38(29-43(45,46)47)33-18-12-11-13-19-33/h10-13,15-19,21-25,28,36,48H,8-9,14,20,26-27,29-30H2,1-7H3,(H,49,51)/b21-15+,25-24-,32-10+,35-16-,39-17-,41-38+. The molecule has 2 N–H and O–H groups in total. The minimum absolute atomic E-state index is 0.115. The number of alkyl halides is 3. The summed E-state index contributed by atoms with van der Waals surface area (Å²) in [6.07, 6.45) is 10.2. The highest BCUT2D eigenvalue weighted by Crippen LogP contribution is 2.41. The van der Waals surface area contributed by atoms with E-state index in [1.54, 1.807) is 61.5 Å². The van der Waals surface area contributed by atoms with Gasteiger partial charge in [0.1, 0.15) is 5.83 Å². The molecule has 4 nitrogen and oxygen atoms in total. The van der Waals surface area contributed by atoms with Gasteiger partial charge in [-0.25, -0.2) is 4.39 Å². The molecule has 0 aliphatic carbocycles. The lowest BCUT2D eigenvalue weighted by atomic mass is 9.85. The summed E-state index contributed by atoms with van der Waals surface area (Å²) < 4.78 is 58.2. The number of carbonyl (C=O) groups excluding carboxylic acids is 1. The van der Waals surface area contributed by atoms with Gasteiger partial charge < -0.3 is 10.6 Å². The third-order valence-electron chi connectivity index (χ3n) is 8.44. The molecule has 0 radical (unpaired) electrons. The van der Waals surface area contributed by atoms with E-state index in [4.69, 9.17) is 0 Å². The SMILES string of the molecule is C/C=C(\C=C/C(=C/CC)NC1CCCN(C/C=C/C(=O)NC(C)(C)C)C1)C(=C(/CC(F)(F)F)c1ccccc1)/c1ccc(C)c(/C(F)=C/CC)c1. The Morgan fingerprint density at radius 1 is 0.961 bits per heavy atom. The molecule has 0 aromatic heterocycles. The zero-order valence-electron chi connectivity index (χ0n) is 31.3. The number of halogens is 4. The summed E-state index contributed by atoms with van der Waals surface area (Å²) in [6.45, 7) is 15.7. The van der Waals surface area contributed by atoms with Crippen LogP contribution in [0.15, 0.2) is 102 Å². The van der Waals surface area contributed by atoms with Crippen molar-refractivity contribution >= 4 is 22.9 Å². The van der Waals surface area contributed by atoms with Crippen LogP contribution in [0.4, 0.5) is 17.6 Å². The average molecular weight is 706 g/mol. The monoisotopic (exact) mass is 705 g/mol. The first-order valence-electron chi connectivity index (χ1n) is 18.0. The van der Waals surface area contributed by atoms with E-state index >= 15 is 4.39 Å². The second kappa shape index (κ2) is 19.4. The average Bonchev–Trinajstić information content (AvgIpc) is 3.05. The number of hydrogen-bond donors (Lipinski definition) is 2. The predicted octanol–water partition coefficient (Wildman–Crippen LogP) is 10.9. The van der Waals surface area contributed by atoms with E-state index in [2.05, 4.69) is 21.6 Å². The summed E-state index contributed by atoms with van der Waals surface area (Å²) in [5.41, 5.74) is 3.75. The maximum Gasteiger partial charge on any atom is 0.393 e. The lowest BCUT2D eigenvalue weighted by Crippen LogP contribution is -2.45. The highest BCUT2D eigenvalue weighted by atomic mass is 19.4. The van der Waals surface area contributed by atoms with Crippen LogP contribution in [0.5, 0.6) is 0 Å². The van der Waals surface area contributed by atoms with Crippen molar-refractivity contribution in [3.05, 3.63) is 125 Å². The number of rotatable bonds is 14. The number of amides is 1. The number of likely N-dealkylation sites (tertiary alicyclic amines) is 1. The van der Waals surface area contributed by atoms with E-state index in [1.165, 1.54) is 6.08 Å². The van der Waals surface area contributed by atoms with Gasteiger partial charge in [0.2, 0.25) is 5.91 Å². The molecule has 1 amide bonds. The van der Waals surface area contributed by atoms with Crippen LogP contribution in [0.25, 0.3) is 17.0 Å². The second-order valence-corrected chi connectivity index (χ2v) is 14.0. The van der Waals surface area contributed by atoms with E-state index in [9.17, 15) is 18.0 Å². The van der Waals surface area contributed by atoms with Crippen LogP contribution in [0.1, 0.15) is 95.9 Å². The molecule has 1 fully saturated rings. The number of allylic oxidation sites excluding steroid dienone is 8. The quantitative estimate of drug-likeness (QED) is 0.0890. The number of benzene rings is 2. The Labute approximate surface area is 302 Å². The first-order valence-corrected chi connectivity index (χ1v) is 18.0. The molecule has 0 spiro atoms. The van der Waals surface area contributed by atoms with Crippen molar-refractivity contribution in [2.24, 2.45) is 0 Å². The predicted molar refractivity (Wildman–Crippen MR) is 205 cm³/mol. The van der Waals surface area contributed by atoms with E-state index in [0.29, 0.717) is 46.4 Å². The van der Waals surface area contributed by atoms with Crippen molar-refractivity contribution in [3.8, 4) is 0 Å². The van der Waals surface area contributed by atoms with Crippen molar-refractivity contribution in [2.45, 2.75) is 98.3 Å². The zero-order valence-corrected chi connectivity index (χ0v) is 31.3. The summed E-state index contributed by atoms with van der Waals surface area (Å²) in [6, 6.07) is 14.0. The van der Waals surface area contributed by atoms with Crippen molar-refractivity contribution in [3.63, 3.8) is 0 Å². The molecule has 1 aliphatic heterocycles. The smallest absolute Gasteiger partial charge is 0.381 e. The fourth-order valence-electron chi connectivity index (χ4n) is 6.21. The number of carbonyl (C=O) groups is 1. The van der Waals surface area contributed by atoms with Crippen LogP contribution in [0, 0.1) is 6.92 Å². The Hall–Kier alpha value is -4.17. The summed E-state index contributed by atoms with van der Waals surface area (Å²) in [5, 5.41) is 6.61. The molecule has 2 aromatic carbocycles. The van der Waals surface area contributed by atoms with Gasteiger partial charge in [0.15, 0.2) is 0 Å². The van der Waals surface area contributed by atoms with Crippen LogP contribution < -0.4 is 10.6 Å². The Balaban J connectivity index is 2.00. The van der Waals surface area contributed by atoms with Crippen molar-refractivity contribution in [2.75, 3.05) is 19.6 Å². The van der Waals surface area contributed by atoms with Crippen LogP contribution in [-0.2, 0) is 4.79 Å². The normalized spacial score (nSPS) is 17.6. The fraction of sp³-hybridized carbons (Fsp3) is 0.419. The molecule has 51 heavy (non-hydrogen) atoms. The first-order chi connectivity index (χ1) is 24.1. The van der Waals surface area contributed by atoms with Crippen LogP contribution in [0.3, 0.4) is 0 Å². The highest BCUT2D eigenvalue weighted by Gasteiger charge is 2.32. The number of nitrogens with zero attached hydrogens (tertiary/aromatic N) is 1. The summed E-state index contributed by atoms with van der Waals surface area (Å²) in [4.78, 5) is 14.5. The Kier molecular flexibility index (Phi) is 15.7. The van der Waals surface area contributed by atoms with Crippen LogP contribution in [-0.4, -0.2) is 48.2 Å². The molecule has 276 valence electrons. The topological polar surface area (TPSA) is 44.4 Å².